The van der Waals surface area contributed by atoms with Gasteiger partial charge in [0.25, 0.3) is 11.8 Å². The number of hydrogen-bond acceptors (Lipinski definition) is 6. The number of furan rings is 1. The molecule has 46 heavy (non-hydrogen) atoms. The van der Waals surface area contributed by atoms with Crippen molar-refractivity contribution in [3.05, 3.63) is 150 Å². The maximum atomic E-state index is 13.5. The second-order valence-electron chi connectivity index (χ2n) is 10.0. The van der Waals surface area contributed by atoms with Crippen LogP contribution in [0.4, 0.5) is 17.1 Å². The second kappa shape index (κ2) is 15.2. The summed E-state index contributed by atoms with van der Waals surface area (Å²) >= 11 is 1.36. The van der Waals surface area contributed by atoms with Gasteiger partial charge in [-0.15, -0.1) is 11.8 Å². The molecule has 0 aliphatic rings. The Kier molecular flexibility index (Phi) is 10.4. The number of benzene rings is 4. The van der Waals surface area contributed by atoms with Gasteiger partial charge in [0.1, 0.15) is 16.7 Å². The van der Waals surface area contributed by atoms with Crippen LogP contribution in [-0.4, -0.2) is 23.6 Å². The molecule has 1 unspecified atom stereocenters. The van der Waals surface area contributed by atoms with Gasteiger partial charge in [-0.1, -0.05) is 48.5 Å². The molecule has 0 aliphatic carbocycles. The van der Waals surface area contributed by atoms with Crippen molar-refractivity contribution in [1.82, 2.24) is 5.32 Å². The Morgan fingerprint density at radius 1 is 0.674 bits per heavy atom. The lowest BCUT2D eigenvalue weighted by molar-refractivity contribution is -0.116. The minimum atomic E-state index is -0.576. The maximum Gasteiger partial charge on any atom is 0.272 e. The molecule has 1 aromatic heterocycles. The lowest BCUT2D eigenvalue weighted by Gasteiger charge is -2.18. The van der Waals surface area contributed by atoms with Crippen molar-refractivity contribution in [2.75, 3.05) is 16.0 Å². The van der Waals surface area contributed by atoms with E-state index >= 15 is 0 Å². The molecule has 1 heterocycles. The van der Waals surface area contributed by atoms with Crippen molar-refractivity contribution in [2.45, 2.75) is 17.1 Å². The molecular formula is C36H30N4O5S. The van der Waals surface area contributed by atoms with E-state index < -0.39 is 17.1 Å². The van der Waals surface area contributed by atoms with E-state index in [2.05, 4.69) is 21.3 Å². The number of carbonyl (C=O) groups is 4. The highest BCUT2D eigenvalue weighted by Crippen LogP contribution is 2.37. The second-order valence-corrected chi connectivity index (χ2v) is 11.2. The Hall–Kier alpha value is -5.87. The normalized spacial score (nSPS) is 11.6. The van der Waals surface area contributed by atoms with Gasteiger partial charge in [-0.3, -0.25) is 19.2 Å². The number of thioether (sulfide) groups is 1. The molecule has 4 amide bonds. The minimum absolute atomic E-state index is 0.00757. The first-order valence-electron chi connectivity index (χ1n) is 14.3. The zero-order chi connectivity index (χ0) is 32.3. The molecule has 230 valence electrons. The highest BCUT2D eigenvalue weighted by atomic mass is 32.2. The standard InChI is InChI=1S/C36H30N4O5S/c1-24(41)37-27-14-16-28(17-15-27)39-36(44)33(25-9-4-2-5-10-25)46-31-20-18-29(19-21-31)38-35(43)32(23-30-13-8-22-45-30)40-34(42)26-11-6-3-7-12-26/h2-23,33H,1H3,(H,37,41)(H,38,43)(H,39,44)(H,40,42)/b32-23-. The quantitative estimate of drug-likeness (QED) is 0.0909. The predicted octanol–water partition coefficient (Wildman–Crippen LogP) is 7.12. The monoisotopic (exact) mass is 630 g/mol. The highest BCUT2D eigenvalue weighted by molar-refractivity contribution is 8.00. The molecule has 9 nitrogen and oxygen atoms in total. The highest BCUT2D eigenvalue weighted by Gasteiger charge is 2.23. The van der Waals surface area contributed by atoms with Crippen molar-refractivity contribution in [1.29, 1.82) is 0 Å². The summed E-state index contributed by atoms with van der Waals surface area (Å²) in [4.78, 5) is 51.7. The van der Waals surface area contributed by atoms with Crippen molar-refractivity contribution < 1.29 is 23.6 Å². The van der Waals surface area contributed by atoms with Crippen LogP contribution in [-0.2, 0) is 14.4 Å². The number of hydrogen-bond donors (Lipinski definition) is 4. The fraction of sp³-hybridized carbons (Fsp3) is 0.0556. The van der Waals surface area contributed by atoms with Gasteiger partial charge in [0.05, 0.1) is 6.26 Å². The number of carbonyl (C=O) groups excluding carboxylic acids is 4. The third-order valence-electron chi connectivity index (χ3n) is 6.54. The van der Waals surface area contributed by atoms with Gasteiger partial charge in [0.15, 0.2) is 0 Å². The van der Waals surface area contributed by atoms with Crippen LogP contribution in [0.3, 0.4) is 0 Å². The molecule has 0 aliphatic heterocycles. The topological polar surface area (TPSA) is 130 Å². The predicted molar refractivity (Wildman–Crippen MR) is 180 cm³/mol. The zero-order valence-electron chi connectivity index (χ0n) is 24.7. The van der Waals surface area contributed by atoms with Crippen LogP contribution < -0.4 is 21.3 Å². The van der Waals surface area contributed by atoms with E-state index in [1.54, 1.807) is 78.9 Å². The third-order valence-corrected chi connectivity index (χ3v) is 7.80. The molecule has 4 N–H and O–H groups in total. The molecule has 0 spiro atoms. The summed E-state index contributed by atoms with van der Waals surface area (Å²) in [5, 5.41) is 10.6. The smallest absolute Gasteiger partial charge is 0.272 e. The molecular weight excluding hydrogens is 600 g/mol. The van der Waals surface area contributed by atoms with E-state index in [0.29, 0.717) is 28.4 Å². The minimum Gasteiger partial charge on any atom is -0.465 e. The van der Waals surface area contributed by atoms with Crippen LogP contribution >= 0.6 is 11.8 Å². The third kappa shape index (κ3) is 8.84. The summed E-state index contributed by atoms with van der Waals surface area (Å²) in [6.45, 7) is 1.43. The van der Waals surface area contributed by atoms with Crippen LogP contribution in [0.15, 0.2) is 143 Å². The summed E-state index contributed by atoms with van der Waals surface area (Å²) in [7, 11) is 0. The number of nitrogens with one attached hydrogen (secondary N) is 4. The Morgan fingerprint density at radius 2 is 1.26 bits per heavy atom. The van der Waals surface area contributed by atoms with Crippen molar-refractivity contribution in [2.24, 2.45) is 0 Å². The first kappa shape index (κ1) is 31.6. The van der Waals surface area contributed by atoms with Crippen LogP contribution in [0.5, 0.6) is 0 Å². The van der Waals surface area contributed by atoms with E-state index in [-0.39, 0.29) is 17.5 Å². The summed E-state index contributed by atoms with van der Waals surface area (Å²) in [6.07, 6.45) is 2.93. The lowest BCUT2D eigenvalue weighted by Crippen LogP contribution is -2.30. The fourth-order valence-corrected chi connectivity index (χ4v) is 5.38. The van der Waals surface area contributed by atoms with E-state index in [1.807, 2.05) is 42.5 Å². The molecule has 0 saturated carbocycles. The molecule has 4 aromatic carbocycles. The maximum absolute atomic E-state index is 13.5. The molecule has 10 heteroatoms. The van der Waals surface area contributed by atoms with Gasteiger partial charge < -0.3 is 25.7 Å². The Balaban J connectivity index is 1.28. The summed E-state index contributed by atoms with van der Waals surface area (Å²) in [5.74, 6) is -0.966. The van der Waals surface area contributed by atoms with E-state index in [4.69, 9.17) is 4.42 Å². The van der Waals surface area contributed by atoms with Crippen LogP contribution in [0.2, 0.25) is 0 Å². The zero-order valence-corrected chi connectivity index (χ0v) is 25.5. The van der Waals surface area contributed by atoms with Crippen LogP contribution in [0.25, 0.3) is 6.08 Å². The van der Waals surface area contributed by atoms with Gasteiger partial charge in [0.2, 0.25) is 11.8 Å². The average molecular weight is 631 g/mol. The summed E-state index contributed by atoms with van der Waals surface area (Å²) < 4.78 is 5.36. The molecule has 0 fully saturated rings. The Morgan fingerprint density at radius 3 is 1.87 bits per heavy atom. The SMILES string of the molecule is CC(=O)Nc1ccc(NC(=O)C(Sc2ccc(NC(=O)/C(=C/c3ccco3)NC(=O)c3ccccc3)cc2)c2ccccc2)cc1. The van der Waals surface area contributed by atoms with E-state index in [0.717, 1.165) is 10.5 Å². The van der Waals surface area contributed by atoms with E-state index in [1.165, 1.54) is 31.0 Å². The Bertz CT molecular complexity index is 1820. The van der Waals surface area contributed by atoms with Crippen molar-refractivity contribution in [3.63, 3.8) is 0 Å². The lowest BCUT2D eigenvalue weighted by atomic mass is 10.1. The molecule has 0 bridgehead atoms. The fourth-order valence-electron chi connectivity index (χ4n) is 4.36. The van der Waals surface area contributed by atoms with Gasteiger partial charge in [-0.05, 0) is 78.4 Å². The number of rotatable bonds is 11. The molecule has 5 rings (SSSR count). The molecule has 5 aromatic rings. The van der Waals surface area contributed by atoms with Gasteiger partial charge >= 0.3 is 0 Å². The summed E-state index contributed by atoms with van der Waals surface area (Å²) in [6, 6.07) is 35.3. The van der Waals surface area contributed by atoms with Gasteiger partial charge in [-0.25, -0.2) is 0 Å². The molecule has 0 saturated heterocycles. The average Bonchev–Trinajstić information content (AvgIpc) is 3.59. The largest absolute Gasteiger partial charge is 0.465 e. The van der Waals surface area contributed by atoms with Crippen LogP contribution in [0.1, 0.15) is 33.9 Å². The number of amides is 4. The Labute approximate surface area is 270 Å². The first-order valence-corrected chi connectivity index (χ1v) is 15.1. The van der Waals surface area contributed by atoms with Crippen molar-refractivity contribution in [3.8, 4) is 0 Å². The van der Waals surface area contributed by atoms with Crippen LogP contribution in [0, 0.1) is 0 Å². The van der Waals surface area contributed by atoms with Gasteiger partial charge in [0, 0.05) is 40.5 Å². The molecule has 1 atom stereocenters. The van der Waals surface area contributed by atoms with Gasteiger partial charge in [-0.2, -0.15) is 0 Å². The first-order chi connectivity index (χ1) is 22.3. The number of anilines is 3. The summed E-state index contributed by atoms with van der Waals surface area (Å²) in [5.41, 5.74) is 2.95. The van der Waals surface area contributed by atoms with Crippen molar-refractivity contribution >= 4 is 58.5 Å². The van der Waals surface area contributed by atoms with E-state index in [9.17, 15) is 19.2 Å². The molecule has 0 radical (unpaired) electrons.